The van der Waals surface area contributed by atoms with Crippen LogP contribution in [0.25, 0.3) is 16.4 Å². The second-order valence-electron chi connectivity index (χ2n) is 4.57. The van der Waals surface area contributed by atoms with Crippen molar-refractivity contribution in [2.24, 2.45) is 5.73 Å². The summed E-state index contributed by atoms with van der Waals surface area (Å²) in [6.07, 6.45) is 4.34. The Hall–Kier alpha value is -1.47. The molecule has 0 amide bonds. The van der Waals surface area contributed by atoms with Gasteiger partial charge in [0, 0.05) is 29.0 Å². The van der Waals surface area contributed by atoms with E-state index in [1.54, 1.807) is 17.5 Å². The Kier molecular flexibility index (Phi) is 5.52. The summed E-state index contributed by atoms with van der Waals surface area (Å²) >= 11 is 7.81. The molecule has 0 aliphatic carbocycles. The predicted octanol–water partition coefficient (Wildman–Crippen LogP) is 3.28. The summed E-state index contributed by atoms with van der Waals surface area (Å²) in [4.78, 5) is 8.57. The minimum Gasteiger partial charge on any atom is -0.330 e. The molecule has 5 nitrogen and oxygen atoms in total. The first-order valence-electron chi connectivity index (χ1n) is 6.51. The lowest BCUT2D eigenvalue weighted by atomic mass is 10.1. The van der Waals surface area contributed by atoms with Gasteiger partial charge in [-0.15, -0.1) is 23.7 Å². The Morgan fingerprint density at radius 2 is 2.23 bits per heavy atom. The summed E-state index contributed by atoms with van der Waals surface area (Å²) in [6.45, 7) is 2.42. The molecule has 0 saturated heterocycles. The molecule has 0 aromatic carbocycles. The number of nitrogens with zero attached hydrogens (tertiary/aromatic N) is 4. The number of aromatic nitrogens is 4. The molecular formula is C14H15Cl2N5S. The Morgan fingerprint density at radius 1 is 1.41 bits per heavy atom. The number of hydrogen-bond donors (Lipinski definition) is 1. The lowest BCUT2D eigenvalue weighted by molar-refractivity contribution is 0.843. The molecule has 2 N–H and O–H groups in total. The van der Waals surface area contributed by atoms with E-state index < -0.39 is 0 Å². The number of pyridine rings is 1. The topological polar surface area (TPSA) is 69.6 Å². The zero-order chi connectivity index (χ0) is 14.8. The Labute approximate surface area is 143 Å². The Morgan fingerprint density at radius 3 is 2.91 bits per heavy atom. The van der Waals surface area contributed by atoms with E-state index in [2.05, 4.69) is 15.1 Å². The Balaban J connectivity index is 0.00000176. The zero-order valence-corrected chi connectivity index (χ0v) is 14.3. The molecule has 0 fully saturated rings. The lowest BCUT2D eigenvalue weighted by Gasteiger charge is -2.11. The molecule has 0 radical (unpaired) electrons. The minimum atomic E-state index is 0. The second kappa shape index (κ2) is 7.19. The smallest absolute Gasteiger partial charge is 0.143 e. The summed E-state index contributed by atoms with van der Waals surface area (Å²) in [5.41, 5.74) is 9.20. The van der Waals surface area contributed by atoms with Gasteiger partial charge in [-0.25, -0.2) is 14.6 Å². The van der Waals surface area contributed by atoms with E-state index in [1.807, 2.05) is 35.3 Å². The summed E-state index contributed by atoms with van der Waals surface area (Å²) in [5, 5.41) is 7.90. The first-order chi connectivity index (χ1) is 10.2. The van der Waals surface area contributed by atoms with Crippen LogP contribution in [0.4, 0.5) is 0 Å². The maximum absolute atomic E-state index is 6.25. The van der Waals surface area contributed by atoms with Gasteiger partial charge in [0.15, 0.2) is 0 Å². The fourth-order valence-corrected chi connectivity index (χ4v) is 3.07. The molecule has 8 heteroatoms. The maximum atomic E-state index is 6.25. The third-order valence-electron chi connectivity index (χ3n) is 3.06. The van der Waals surface area contributed by atoms with Gasteiger partial charge in [-0.2, -0.15) is 5.10 Å². The third kappa shape index (κ3) is 3.30. The standard InChI is InChI=1S/C14H14ClN5S.ClH/c1-9-8-12(10(2-4-16)13(15)18-9)20-6-3-11(19-20)14-17-5-7-21-14;/h3,5-8H,2,4,16H2,1H3;1H. The number of thiazole rings is 1. The molecule has 0 aliphatic heterocycles. The van der Waals surface area contributed by atoms with E-state index in [4.69, 9.17) is 17.3 Å². The van der Waals surface area contributed by atoms with Crippen molar-refractivity contribution in [3.05, 3.63) is 46.3 Å². The number of nitrogens with two attached hydrogens (primary N) is 1. The van der Waals surface area contributed by atoms with Gasteiger partial charge in [0.1, 0.15) is 15.9 Å². The van der Waals surface area contributed by atoms with Crippen LogP contribution in [0, 0.1) is 6.92 Å². The summed E-state index contributed by atoms with van der Waals surface area (Å²) in [6, 6.07) is 3.91. The van der Waals surface area contributed by atoms with Gasteiger partial charge in [0.2, 0.25) is 0 Å². The van der Waals surface area contributed by atoms with Crippen molar-refractivity contribution in [3.8, 4) is 16.4 Å². The van der Waals surface area contributed by atoms with Crippen LogP contribution >= 0.6 is 35.3 Å². The first-order valence-corrected chi connectivity index (χ1v) is 7.77. The van der Waals surface area contributed by atoms with Crippen molar-refractivity contribution < 1.29 is 0 Å². The van der Waals surface area contributed by atoms with Crippen LogP contribution in [0.5, 0.6) is 0 Å². The van der Waals surface area contributed by atoms with Crippen LogP contribution in [-0.4, -0.2) is 26.3 Å². The quantitative estimate of drug-likeness (QED) is 0.729. The molecule has 3 heterocycles. The molecule has 0 unspecified atom stereocenters. The van der Waals surface area contributed by atoms with Gasteiger partial charge in [0.25, 0.3) is 0 Å². The van der Waals surface area contributed by atoms with E-state index in [9.17, 15) is 0 Å². The second-order valence-corrected chi connectivity index (χ2v) is 5.83. The van der Waals surface area contributed by atoms with Crippen molar-refractivity contribution in [1.29, 1.82) is 0 Å². The molecular weight excluding hydrogens is 341 g/mol. The highest BCUT2D eigenvalue weighted by molar-refractivity contribution is 7.13. The van der Waals surface area contributed by atoms with Crippen LogP contribution in [0.2, 0.25) is 5.15 Å². The SMILES string of the molecule is Cc1cc(-n2ccc(-c3nccs3)n2)c(CCN)c(Cl)n1.Cl. The number of hydrogen-bond acceptors (Lipinski definition) is 5. The van der Waals surface area contributed by atoms with Gasteiger partial charge in [-0.1, -0.05) is 11.6 Å². The molecule has 0 saturated carbocycles. The van der Waals surface area contributed by atoms with Crippen molar-refractivity contribution >= 4 is 35.3 Å². The van der Waals surface area contributed by atoms with Crippen molar-refractivity contribution in [2.75, 3.05) is 6.54 Å². The van der Waals surface area contributed by atoms with Crippen LogP contribution < -0.4 is 5.73 Å². The number of halogens is 2. The van der Waals surface area contributed by atoms with Crippen LogP contribution in [-0.2, 0) is 6.42 Å². The molecule has 0 aliphatic rings. The minimum absolute atomic E-state index is 0. The van der Waals surface area contributed by atoms with Crippen LogP contribution in [0.3, 0.4) is 0 Å². The number of aryl methyl sites for hydroxylation is 1. The average molecular weight is 356 g/mol. The maximum Gasteiger partial charge on any atom is 0.143 e. The molecule has 116 valence electrons. The van der Waals surface area contributed by atoms with Crippen molar-refractivity contribution in [1.82, 2.24) is 19.7 Å². The monoisotopic (exact) mass is 355 g/mol. The highest BCUT2D eigenvalue weighted by Gasteiger charge is 2.13. The van der Waals surface area contributed by atoms with E-state index in [-0.39, 0.29) is 12.4 Å². The summed E-state index contributed by atoms with van der Waals surface area (Å²) < 4.78 is 1.81. The zero-order valence-electron chi connectivity index (χ0n) is 11.9. The molecule has 0 spiro atoms. The summed E-state index contributed by atoms with van der Waals surface area (Å²) in [7, 11) is 0. The lowest BCUT2D eigenvalue weighted by Crippen LogP contribution is -2.09. The van der Waals surface area contributed by atoms with Gasteiger partial charge < -0.3 is 5.73 Å². The number of rotatable bonds is 4. The van der Waals surface area contributed by atoms with E-state index in [1.165, 1.54) is 0 Å². The highest BCUT2D eigenvalue weighted by Crippen LogP contribution is 2.25. The van der Waals surface area contributed by atoms with Crippen LogP contribution in [0.1, 0.15) is 11.3 Å². The third-order valence-corrected chi connectivity index (χ3v) is 4.17. The molecule has 22 heavy (non-hydrogen) atoms. The molecule has 0 bridgehead atoms. The normalized spacial score (nSPS) is 10.5. The molecule has 0 atom stereocenters. The van der Waals surface area contributed by atoms with Crippen molar-refractivity contribution in [2.45, 2.75) is 13.3 Å². The summed E-state index contributed by atoms with van der Waals surface area (Å²) in [5.74, 6) is 0. The van der Waals surface area contributed by atoms with E-state index in [0.29, 0.717) is 18.1 Å². The highest BCUT2D eigenvalue weighted by atomic mass is 35.5. The molecule has 3 aromatic heterocycles. The van der Waals surface area contributed by atoms with Gasteiger partial charge in [-0.05, 0) is 32.0 Å². The van der Waals surface area contributed by atoms with Gasteiger partial charge in [0.05, 0.1) is 5.69 Å². The van der Waals surface area contributed by atoms with Gasteiger partial charge in [-0.3, -0.25) is 0 Å². The van der Waals surface area contributed by atoms with Gasteiger partial charge >= 0.3 is 0 Å². The molecule has 3 rings (SSSR count). The van der Waals surface area contributed by atoms with E-state index in [0.717, 1.165) is 27.6 Å². The van der Waals surface area contributed by atoms with Crippen LogP contribution in [0.15, 0.2) is 29.9 Å². The fraction of sp³-hybridized carbons (Fsp3) is 0.214. The first kappa shape index (κ1) is 16.9. The van der Waals surface area contributed by atoms with E-state index >= 15 is 0 Å². The largest absolute Gasteiger partial charge is 0.330 e. The van der Waals surface area contributed by atoms with Crippen molar-refractivity contribution in [3.63, 3.8) is 0 Å². The Bertz CT molecular complexity index is 755. The fourth-order valence-electron chi connectivity index (χ4n) is 2.15. The average Bonchev–Trinajstić information content (AvgIpc) is 3.10. The molecule has 3 aromatic rings. The predicted molar refractivity (Wildman–Crippen MR) is 92.2 cm³/mol.